The average Bonchev–Trinajstić information content (AvgIpc) is 1.99. The summed E-state index contributed by atoms with van der Waals surface area (Å²) in [6, 6.07) is 0. The largest absolute Gasteiger partial charge is 0.469 e. The number of carbonyl (C=O) groups excluding carboxylic acids is 2. The molecule has 10 heavy (non-hydrogen) atoms. The maximum absolute atomic E-state index is 10.4. The Balaban J connectivity index is 3.34. The van der Waals surface area contributed by atoms with Gasteiger partial charge in [0.2, 0.25) is 0 Å². The van der Waals surface area contributed by atoms with Gasteiger partial charge in [0, 0.05) is 6.42 Å². The summed E-state index contributed by atoms with van der Waals surface area (Å²) in [4.78, 5) is 20.4. The summed E-state index contributed by atoms with van der Waals surface area (Å²) in [7, 11) is 1.30. The molecule has 0 bridgehead atoms. The van der Waals surface area contributed by atoms with Crippen LogP contribution < -0.4 is 0 Å². The van der Waals surface area contributed by atoms with Gasteiger partial charge < -0.3 is 9.53 Å². The number of hydrogen-bond acceptors (Lipinski definition) is 3. The van der Waals surface area contributed by atoms with Crippen LogP contribution >= 0.6 is 11.6 Å². The summed E-state index contributed by atoms with van der Waals surface area (Å²) < 4.78 is 4.33. The third kappa shape index (κ3) is 4.32. The molecule has 0 N–H and O–H groups in total. The zero-order valence-electron chi connectivity index (χ0n) is 5.67. The minimum absolute atomic E-state index is 0.198. The zero-order chi connectivity index (χ0) is 7.98. The molecule has 0 spiro atoms. The standard InChI is InChI=1S/C6H9ClO3/c1-10-6(9)3-2-5(7)4-8/h4-5H,2-3H2,1H3/t5-/m0/s1. The molecule has 0 aromatic carbocycles. The van der Waals surface area contributed by atoms with E-state index >= 15 is 0 Å². The summed E-state index contributed by atoms with van der Waals surface area (Å²) >= 11 is 5.39. The van der Waals surface area contributed by atoms with Gasteiger partial charge in [-0.25, -0.2) is 0 Å². The van der Waals surface area contributed by atoms with Crippen molar-refractivity contribution in [3.63, 3.8) is 0 Å². The molecule has 0 heterocycles. The minimum atomic E-state index is -0.570. The van der Waals surface area contributed by atoms with Crippen LogP contribution in [0.3, 0.4) is 0 Å². The third-order valence-corrected chi connectivity index (χ3v) is 1.32. The van der Waals surface area contributed by atoms with Gasteiger partial charge in [0.15, 0.2) is 0 Å². The number of rotatable bonds is 4. The number of hydrogen-bond donors (Lipinski definition) is 0. The molecular weight excluding hydrogens is 156 g/mol. The molecule has 0 rings (SSSR count). The fourth-order valence-corrected chi connectivity index (χ4v) is 0.535. The quantitative estimate of drug-likeness (QED) is 0.350. The molecule has 3 nitrogen and oxygen atoms in total. The van der Waals surface area contributed by atoms with E-state index in [0.29, 0.717) is 12.7 Å². The Hall–Kier alpha value is -0.570. The summed E-state index contributed by atoms with van der Waals surface area (Å²) in [5, 5.41) is -0.570. The lowest BCUT2D eigenvalue weighted by molar-refractivity contribution is -0.140. The first-order valence-corrected chi connectivity index (χ1v) is 3.30. The van der Waals surface area contributed by atoms with Crippen molar-refractivity contribution in [3.05, 3.63) is 0 Å². The molecule has 0 aliphatic rings. The molecule has 58 valence electrons. The van der Waals surface area contributed by atoms with Crippen LogP contribution in [0.4, 0.5) is 0 Å². The van der Waals surface area contributed by atoms with Crippen LogP contribution in [0.15, 0.2) is 0 Å². The number of ether oxygens (including phenoxy) is 1. The van der Waals surface area contributed by atoms with Crippen molar-refractivity contribution in [1.82, 2.24) is 0 Å². The highest BCUT2D eigenvalue weighted by Crippen LogP contribution is 2.02. The van der Waals surface area contributed by atoms with Crippen molar-refractivity contribution in [3.8, 4) is 0 Å². The second kappa shape index (κ2) is 5.23. The Labute approximate surface area is 64.3 Å². The predicted molar refractivity (Wildman–Crippen MR) is 37.0 cm³/mol. The van der Waals surface area contributed by atoms with E-state index in [1.807, 2.05) is 0 Å². The first-order chi connectivity index (χ1) is 4.70. The first-order valence-electron chi connectivity index (χ1n) is 2.87. The zero-order valence-corrected chi connectivity index (χ0v) is 6.43. The smallest absolute Gasteiger partial charge is 0.305 e. The van der Waals surface area contributed by atoms with Crippen LogP contribution in [0.25, 0.3) is 0 Å². The van der Waals surface area contributed by atoms with E-state index < -0.39 is 5.38 Å². The summed E-state index contributed by atoms with van der Waals surface area (Å²) in [6.45, 7) is 0. The Morgan fingerprint density at radius 3 is 2.80 bits per heavy atom. The van der Waals surface area contributed by atoms with Crippen LogP contribution in [0.5, 0.6) is 0 Å². The molecule has 0 aliphatic heterocycles. The number of alkyl halides is 1. The Bertz CT molecular complexity index is 124. The van der Waals surface area contributed by atoms with E-state index in [2.05, 4.69) is 4.74 Å². The predicted octanol–water partition coefficient (Wildman–Crippen LogP) is 0.746. The highest BCUT2D eigenvalue weighted by atomic mass is 35.5. The number of halogens is 1. The number of methoxy groups -OCH3 is 1. The Morgan fingerprint density at radius 2 is 2.40 bits per heavy atom. The van der Waals surface area contributed by atoms with Gasteiger partial charge in [-0.3, -0.25) is 4.79 Å². The molecule has 0 unspecified atom stereocenters. The van der Waals surface area contributed by atoms with E-state index in [0.717, 1.165) is 0 Å². The first kappa shape index (κ1) is 9.43. The molecule has 1 atom stereocenters. The molecule has 4 heteroatoms. The maximum Gasteiger partial charge on any atom is 0.305 e. The highest BCUT2D eigenvalue weighted by molar-refractivity contribution is 6.27. The van der Waals surface area contributed by atoms with Crippen LogP contribution in [0.1, 0.15) is 12.8 Å². The lowest BCUT2D eigenvalue weighted by atomic mass is 10.2. The van der Waals surface area contributed by atoms with E-state index in [-0.39, 0.29) is 12.4 Å². The second-order valence-corrected chi connectivity index (χ2v) is 2.33. The van der Waals surface area contributed by atoms with E-state index in [4.69, 9.17) is 11.6 Å². The maximum atomic E-state index is 10.4. The van der Waals surface area contributed by atoms with Gasteiger partial charge in [0.25, 0.3) is 0 Å². The van der Waals surface area contributed by atoms with Crippen molar-refractivity contribution in [2.45, 2.75) is 18.2 Å². The average molecular weight is 165 g/mol. The number of aldehydes is 1. The van der Waals surface area contributed by atoms with Crippen molar-refractivity contribution in [2.75, 3.05) is 7.11 Å². The molecule has 0 amide bonds. The topological polar surface area (TPSA) is 43.4 Å². The van der Waals surface area contributed by atoms with E-state index in [1.54, 1.807) is 0 Å². The van der Waals surface area contributed by atoms with Gasteiger partial charge in [0.05, 0.1) is 12.5 Å². The second-order valence-electron chi connectivity index (χ2n) is 1.77. The highest BCUT2D eigenvalue weighted by Gasteiger charge is 2.05. The van der Waals surface area contributed by atoms with Crippen LogP contribution in [-0.2, 0) is 14.3 Å². The number of carbonyl (C=O) groups is 2. The summed E-state index contributed by atoms with van der Waals surface area (Å²) in [6.07, 6.45) is 1.14. The lowest BCUT2D eigenvalue weighted by Gasteiger charge is -1.98. The normalized spacial score (nSPS) is 12.2. The molecule has 0 saturated heterocycles. The van der Waals surface area contributed by atoms with Gasteiger partial charge in [-0.05, 0) is 6.42 Å². The fraction of sp³-hybridized carbons (Fsp3) is 0.667. The van der Waals surface area contributed by atoms with E-state index in [1.165, 1.54) is 7.11 Å². The Morgan fingerprint density at radius 1 is 1.80 bits per heavy atom. The molecule has 0 aromatic rings. The van der Waals surface area contributed by atoms with Crippen LogP contribution in [-0.4, -0.2) is 24.7 Å². The van der Waals surface area contributed by atoms with Gasteiger partial charge >= 0.3 is 5.97 Å². The van der Waals surface area contributed by atoms with Gasteiger partial charge in [-0.15, -0.1) is 11.6 Å². The molecule has 0 aromatic heterocycles. The third-order valence-electron chi connectivity index (χ3n) is 1.000. The summed E-state index contributed by atoms with van der Waals surface area (Å²) in [5.41, 5.74) is 0. The van der Waals surface area contributed by atoms with Gasteiger partial charge in [0.1, 0.15) is 6.29 Å². The van der Waals surface area contributed by atoms with Gasteiger partial charge in [-0.2, -0.15) is 0 Å². The van der Waals surface area contributed by atoms with Gasteiger partial charge in [-0.1, -0.05) is 0 Å². The summed E-state index contributed by atoms with van der Waals surface area (Å²) in [5.74, 6) is -0.340. The van der Waals surface area contributed by atoms with E-state index in [9.17, 15) is 9.59 Å². The number of esters is 1. The van der Waals surface area contributed by atoms with Crippen molar-refractivity contribution in [1.29, 1.82) is 0 Å². The molecule has 0 aliphatic carbocycles. The monoisotopic (exact) mass is 164 g/mol. The molecule has 0 fully saturated rings. The molecular formula is C6H9ClO3. The lowest BCUT2D eigenvalue weighted by Crippen LogP contribution is -2.06. The van der Waals surface area contributed by atoms with Crippen LogP contribution in [0, 0.1) is 0 Å². The minimum Gasteiger partial charge on any atom is -0.469 e. The molecule has 0 saturated carbocycles. The fourth-order valence-electron chi connectivity index (χ4n) is 0.426. The van der Waals surface area contributed by atoms with Crippen molar-refractivity contribution in [2.24, 2.45) is 0 Å². The Kier molecular flexibility index (Phi) is 4.94. The van der Waals surface area contributed by atoms with Crippen molar-refractivity contribution >= 4 is 23.9 Å². The van der Waals surface area contributed by atoms with Crippen molar-refractivity contribution < 1.29 is 14.3 Å². The van der Waals surface area contributed by atoms with Crippen LogP contribution in [0.2, 0.25) is 0 Å². The molecule has 0 radical (unpaired) electrons. The SMILES string of the molecule is COC(=O)CC[C@H](Cl)C=O.